The highest BCUT2D eigenvalue weighted by Crippen LogP contribution is 2.33. The van der Waals surface area contributed by atoms with E-state index in [9.17, 15) is 10.2 Å². The zero-order valence-corrected chi connectivity index (χ0v) is 6.33. The van der Waals surface area contributed by atoms with Crippen molar-refractivity contribution in [1.29, 1.82) is 0 Å². The smallest absolute Gasteiger partial charge is 0.123 e. The second kappa shape index (κ2) is 2.55. The maximum absolute atomic E-state index is 9.42. The fourth-order valence-corrected chi connectivity index (χ4v) is 1.57. The molecular weight excluding hydrogens is 160 g/mol. The minimum absolute atomic E-state index is 0.193. The summed E-state index contributed by atoms with van der Waals surface area (Å²) in [5.74, 6) is 0. The van der Waals surface area contributed by atoms with Gasteiger partial charge in [0, 0.05) is 0 Å². The van der Waals surface area contributed by atoms with Gasteiger partial charge in [0.1, 0.15) is 12.2 Å². The van der Waals surface area contributed by atoms with Crippen LogP contribution in [0, 0.1) is 0 Å². The lowest BCUT2D eigenvalue weighted by Crippen LogP contribution is -2.23. The number of aliphatic hydroxyl groups excluding tert-OH is 3. The molecular formula is C7H10N2O3. The van der Waals surface area contributed by atoms with Gasteiger partial charge in [-0.25, -0.2) is 4.98 Å². The summed E-state index contributed by atoms with van der Waals surface area (Å²) < 4.78 is 1.59. The Morgan fingerprint density at radius 2 is 2.25 bits per heavy atom. The Labute approximate surface area is 68.9 Å². The second-order valence-electron chi connectivity index (χ2n) is 2.91. The van der Waals surface area contributed by atoms with Crippen LogP contribution in [0.4, 0.5) is 0 Å². The number of hydrogen-bond donors (Lipinski definition) is 3. The molecule has 0 saturated carbocycles. The minimum Gasteiger partial charge on any atom is -0.394 e. The Balaban J connectivity index is 2.42. The minimum atomic E-state index is -0.926. The molecule has 2 rings (SSSR count). The van der Waals surface area contributed by atoms with Gasteiger partial charge in [0.2, 0.25) is 0 Å². The van der Waals surface area contributed by atoms with Gasteiger partial charge in [0.05, 0.1) is 30.9 Å². The van der Waals surface area contributed by atoms with E-state index in [2.05, 4.69) is 4.98 Å². The van der Waals surface area contributed by atoms with Gasteiger partial charge in [-0.3, -0.25) is 0 Å². The Morgan fingerprint density at radius 3 is 2.92 bits per heavy atom. The number of imidazole rings is 1. The predicted octanol–water partition coefficient (Wildman–Crippen LogP) is -1.18. The molecule has 0 fully saturated rings. The highest BCUT2D eigenvalue weighted by molar-refractivity contribution is 5.13. The van der Waals surface area contributed by atoms with Gasteiger partial charge in [-0.2, -0.15) is 0 Å². The lowest BCUT2D eigenvalue weighted by Gasteiger charge is -2.14. The number of hydrogen-bond acceptors (Lipinski definition) is 4. The average molecular weight is 170 g/mol. The third-order valence-electron chi connectivity index (χ3n) is 2.26. The maximum Gasteiger partial charge on any atom is 0.123 e. The lowest BCUT2D eigenvalue weighted by atomic mass is 10.1. The molecule has 0 amide bonds. The van der Waals surface area contributed by atoms with Crippen LogP contribution in [0.3, 0.4) is 0 Å². The Morgan fingerprint density at radius 1 is 1.50 bits per heavy atom. The van der Waals surface area contributed by atoms with Gasteiger partial charge in [0.15, 0.2) is 0 Å². The van der Waals surface area contributed by atoms with Gasteiger partial charge < -0.3 is 19.9 Å². The molecule has 5 heteroatoms. The molecule has 0 unspecified atom stereocenters. The molecule has 2 heterocycles. The molecule has 1 aromatic heterocycles. The van der Waals surface area contributed by atoms with Crippen LogP contribution in [0.25, 0.3) is 0 Å². The number of fused-ring (bicyclic) bond motifs is 1. The predicted molar refractivity (Wildman–Crippen MR) is 39.3 cm³/mol. The van der Waals surface area contributed by atoms with E-state index in [4.69, 9.17) is 5.11 Å². The zero-order valence-electron chi connectivity index (χ0n) is 6.33. The molecule has 1 aliphatic rings. The summed E-state index contributed by atoms with van der Waals surface area (Å²) in [6.07, 6.45) is 1.14. The summed E-state index contributed by atoms with van der Waals surface area (Å²) in [5, 5.41) is 27.7. The quantitative estimate of drug-likeness (QED) is 0.496. The molecule has 5 nitrogen and oxygen atoms in total. The fourth-order valence-electron chi connectivity index (χ4n) is 1.57. The van der Waals surface area contributed by atoms with Crippen molar-refractivity contribution in [3.8, 4) is 0 Å². The van der Waals surface area contributed by atoms with Crippen LogP contribution in [-0.2, 0) is 0 Å². The summed E-state index contributed by atoms with van der Waals surface area (Å²) in [6, 6.07) is -0.461. The summed E-state index contributed by atoms with van der Waals surface area (Å²) in [5.41, 5.74) is 0.557. The standard InChI is InChI=1S/C7H10N2O3/c10-2-5-7(12)6(11)4-1-8-3-9(4)5/h1,3,5-7,10-12H,2H2/t5-,6+,7+/m0/s1. The maximum atomic E-state index is 9.42. The third-order valence-corrected chi connectivity index (χ3v) is 2.26. The van der Waals surface area contributed by atoms with Crippen molar-refractivity contribution in [2.75, 3.05) is 6.61 Å². The van der Waals surface area contributed by atoms with Crippen molar-refractivity contribution in [1.82, 2.24) is 9.55 Å². The van der Waals surface area contributed by atoms with Crippen molar-refractivity contribution in [3.63, 3.8) is 0 Å². The number of aromatic nitrogens is 2. The van der Waals surface area contributed by atoms with Crippen LogP contribution in [-0.4, -0.2) is 37.6 Å². The first-order chi connectivity index (χ1) is 5.75. The third kappa shape index (κ3) is 0.811. The van der Waals surface area contributed by atoms with E-state index in [1.54, 1.807) is 4.57 Å². The van der Waals surface area contributed by atoms with Crippen LogP contribution >= 0.6 is 0 Å². The SMILES string of the molecule is OC[C@H]1[C@@H](O)[C@H](O)c2cncn21. The first kappa shape index (κ1) is 7.72. The van der Waals surface area contributed by atoms with Crippen LogP contribution in [0.2, 0.25) is 0 Å². The molecule has 66 valence electrons. The summed E-state index contributed by atoms with van der Waals surface area (Å²) in [6.45, 7) is -0.193. The lowest BCUT2D eigenvalue weighted by molar-refractivity contribution is -0.00109. The van der Waals surface area contributed by atoms with Gasteiger partial charge in [-0.05, 0) is 0 Å². The fraction of sp³-hybridized carbons (Fsp3) is 0.571. The van der Waals surface area contributed by atoms with Gasteiger partial charge in [-0.1, -0.05) is 0 Å². The first-order valence-electron chi connectivity index (χ1n) is 3.74. The molecule has 1 aliphatic heterocycles. The molecule has 0 spiro atoms. The van der Waals surface area contributed by atoms with Crippen molar-refractivity contribution in [3.05, 3.63) is 18.2 Å². The molecule has 3 N–H and O–H groups in total. The largest absolute Gasteiger partial charge is 0.394 e. The molecule has 0 radical (unpaired) electrons. The van der Waals surface area contributed by atoms with Gasteiger partial charge in [-0.15, -0.1) is 0 Å². The van der Waals surface area contributed by atoms with Crippen LogP contribution in [0.15, 0.2) is 12.5 Å². The average Bonchev–Trinajstić information content (AvgIpc) is 2.59. The summed E-state index contributed by atoms with van der Waals surface area (Å²) in [7, 11) is 0. The number of nitrogens with zero attached hydrogens (tertiary/aromatic N) is 2. The van der Waals surface area contributed by atoms with E-state index < -0.39 is 18.2 Å². The Kier molecular flexibility index (Phi) is 1.64. The van der Waals surface area contributed by atoms with Crippen molar-refractivity contribution in [2.24, 2.45) is 0 Å². The highest BCUT2D eigenvalue weighted by atomic mass is 16.3. The van der Waals surface area contributed by atoms with E-state index in [0.717, 1.165) is 0 Å². The first-order valence-corrected chi connectivity index (χ1v) is 3.74. The summed E-state index contributed by atoms with van der Waals surface area (Å²) >= 11 is 0. The number of rotatable bonds is 1. The van der Waals surface area contributed by atoms with E-state index in [-0.39, 0.29) is 6.61 Å². The van der Waals surface area contributed by atoms with Crippen LogP contribution in [0.5, 0.6) is 0 Å². The molecule has 1 aromatic rings. The number of aliphatic hydroxyl groups is 3. The molecule has 0 bridgehead atoms. The Hall–Kier alpha value is -0.910. The normalized spacial score (nSPS) is 33.8. The molecule has 0 aliphatic carbocycles. The van der Waals surface area contributed by atoms with Crippen LogP contribution in [0.1, 0.15) is 17.8 Å². The van der Waals surface area contributed by atoms with E-state index in [0.29, 0.717) is 5.69 Å². The monoisotopic (exact) mass is 170 g/mol. The second-order valence-corrected chi connectivity index (χ2v) is 2.91. The van der Waals surface area contributed by atoms with Crippen LogP contribution < -0.4 is 0 Å². The molecule has 0 saturated heterocycles. The van der Waals surface area contributed by atoms with Crippen molar-refractivity contribution < 1.29 is 15.3 Å². The van der Waals surface area contributed by atoms with Crippen molar-refractivity contribution >= 4 is 0 Å². The summed E-state index contributed by atoms with van der Waals surface area (Å²) in [4.78, 5) is 3.81. The van der Waals surface area contributed by atoms with Gasteiger partial charge in [0.25, 0.3) is 0 Å². The topological polar surface area (TPSA) is 78.5 Å². The van der Waals surface area contributed by atoms with E-state index >= 15 is 0 Å². The zero-order chi connectivity index (χ0) is 8.72. The van der Waals surface area contributed by atoms with E-state index in [1.165, 1.54) is 12.5 Å². The molecule has 12 heavy (non-hydrogen) atoms. The van der Waals surface area contributed by atoms with Crippen molar-refractivity contribution in [2.45, 2.75) is 18.2 Å². The molecule has 0 aromatic carbocycles. The van der Waals surface area contributed by atoms with E-state index in [1.807, 2.05) is 0 Å². The van der Waals surface area contributed by atoms with Gasteiger partial charge >= 0.3 is 0 Å². The molecule has 3 atom stereocenters. The highest BCUT2D eigenvalue weighted by Gasteiger charge is 2.38. The Bertz CT molecular complexity index is 286.